The van der Waals surface area contributed by atoms with E-state index in [4.69, 9.17) is 9.52 Å². The third-order valence-electron chi connectivity index (χ3n) is 3.72. The number of nitrogens with zero attached hydrogens (tertiary/aromatic N) is 1. The topological polar surface area (TPSA) is 82.8 Å². The van der Waals surface area contributed by atoms with Crippen LogP contribution in [-0.4, -0.2) is 41.5 Å². The first-order chi connectivity index (χ1) is 9.47. The van der Waals surface area contributed by atoms with Crippen molar-refractivity contribution in [1.29, 1.82) is 0 Å². The van der Waals surface area contributed by atoms with Crippen LogP contribution >= 0.6 is 0 Å². The lowest BCUT2D eigenvalue weighted by Gasteiger charge is -2.17. The molecule has 0 aromatic carbocycles. The van der Waals surface area contributed by atoms with Crippen LogP contribution in [-0.2, 0) is 9.59 Å². The van der Waals surface area contributed by atoms with Gasteiger partial charge in [0.15, 0.2) is 0 Å². The number of carbonyl (C=O) groups excluding carboxylic acids is 1. The number of hydrogen-bond donors (Lipinski definition) is 2. The van der Waals surface area contributed by atoms with Gasteiger partial charge in [-0.1, -0.05) is 6.92 Å². The highest BCUT2D eigenvalue weighted by molar-refractivity contribution is 5.78. The monoisotopic (exact) mass is 280 g/mol. The Kier molecular flexibility index (Phi) is 4.44. The number of nitrogens with one attached hydrogen (secondary N) is 1. The number of hydrogen-bond acceptors (Lipinski definition) is 4. The number of carboxylic acids is 1. The van der Waals surface area contributed by atoms with E-state index in [1.54, 1.807) is 12.3 Å². The van der Waals surface area contributed by atoms with Gasteiger partial charge in [0.1, 0.15) is 5.76 Å². The summed E-state index contributed by atoms with van der Waals surface area (Å²) in [7, 11) is 0. The molecule has 1 unspecified atom stereocenters. The highest BCUT2D eigenvalue weighted by Crippen LogP contribution is 2.22. The zero-order valence-corrected chi connectivity index (χ0v) is 11.7. The molecule has 1 saturated heterocycles. The zero-order chi connectivity index (χ0) is 14.7. The normalized spacial score (nSPS) is 24.5. The molecule has 0 radical (unpaired) electrons. The van der Waals surface area contributed by atoms with Gasteiger partial charge in [-0.3, -0.25) is 14.5 Å². The third-order valence-corrected chi connectivity index (χ3v) is 3.72. The fraction of sp³-hybridized carbons (Fsp3) is 0.571. The molecule has 2 N–H and O–H groups in total. The molecule has 0 spiro atoms. The number of carbonyl (C=O) groups is 2. The fourth-order valence-corrected chi connectivity index (χ4v) is 2.62. The van der Waals surface area contributed by atoms with Crippen molar-refractivity contribution in [2.75, 3.05) is 19.6 Å². The van der Waals surface area contributed by atoms with Gasteiger partial charge < -0.3 is 14.8 Å². The molecule has 1 aliphatic heterocycles. The summed E-state index contributed by atoms with van der Waals surface area (Å²) in [5.74, 6) is -0.513. The van der Waals surface area contributed by atoms with E-state index in [9.17, 15) is 9.59 Å². The van der Waals surface area contributed by atoms with Crippen LogP contribution in [0.1, 0.15) is 25.6 Å². The average molecular weight is 280 g/mol. The van der Waals surface area contributed by atoms with Gasteiger partial charge in [-0.2, -0.15) is 0 Å². The van der Waals surface area contributed by atoms with E-state index < -0.39 is 5.97 Å². The molecule has 110 valence electrons. The first-order valence-corrected chi connectivity index (χ1v) is 6.75. The summed E-state index contributed by atoms with van der Waals surface area (Å²) < 4.78 is 5.23. The lowest BCUT2D eigenvalue weighted by molar-refractivity contribution is -0.142. The first kappa shape index (κ1) is 14.6. The largest absolute Gasteiger partial charge is 0.481 e. The van der Waals surface area contributed by atoms with Crippen molar-refractivity contribution in [1.82, 2.24) is 10.2 Å². The summed E-state index contributed by atoms with van der Waals surface area (Å²) >= 11 is 0. The van der Waals surface area contributed by atoms with Crippen molar-refractivity contribution in [2.24, 2.45) is 11.8 Å². The number of rotatable bonds is 5. The minimum absolute atomic E-state index is 0.0720. The Balaban J connectivity index is 1.82. The molecule has 6 heteroatoms. The molecular weight excluding hydrogens is 260 g/mol. The van der Waals surface area contributed by atoms with Crippen molar-refractivity contribution in [3.63, 3.8) is 0 Å². The highest BCUT2D eigenvalue weighted by atomic mass is 16.4. The van der Waals surface area contributed by atoms with E-state index >= 15 is 0 Å². The van der Waals surface area contributed by atoms with Gasteiger partial charge in [-0.05, 0) is 25.0 Å². The van der Waals surface area contributed by atoms with E-state index in [1.807, 2.05) is 24.8 Å². The van der Waals surface area contributed by atoms with E-state index in [0.29, 0.717) is 18.8 Å². The van der Waals surface area contributed by atoms with Crippen LogP contribution in [0.3, 0.4) is 0 Å². The van der Waals surface area contributed by atoms with Crippen LogP contribution < -0.4 is 5.32 Å². The molecule has 2 rings (SSSR count). The maximum atomic E-state index is 11.9. The summed E-state index contributed by atoms with van der Waals surface area (Å²) in [6.45, 7) is 5.04. The summed E-state index contributed by atoms with van der Waals surface area (Å²) in [6.07, 6.45) is 1.57. The van der Waals surface area contributed by atoms with Gasteiger partial charge in [0, 0.05) is 13.1 Å². The van der Waals surface area contributed by atoms with Crippen molar-refractivity contribution in [3.8, 4) is 0 Å². The van der Waals surface area contributed by atoms with Crippen molar-refractivity contribution in [2.45, 2.75) is 19.9 Å². The van der Waals surface area contributed by atoms with Crippen LogP contribution in [0.5, 0.6) is 0 Å². The first-order valence-electron chi connectivity index (χ1n) is 6.75. The van der Waals surface area contributed by atoms with Crippen LogP contribution in [0, 0.1) is 11.8 Å². The molecule has 0 saturated carbocycles. The smallest absolute Gasteiger partial charge is 0.308 e. The zero-order valence-electron chi connectivity index (χ0n) is 11.7. The van der Waals surface area contributed by atoms with Gasteiger partial charge in [0.25, 0.3) is 0 Å². The van der Waals surface area contributed by atoms with Gasteiger partial charge in [-0.25, -0.2) is 0 Å². The van der Waals surface area contributed by atoms with Gasteiger partial charge in [-0.15, -0.1) is 0 Å². The molecule has 2 heterocycles. The summed E-state index contributed by atoms with van der Waals surface area (Å²) in [5.41, 5.74) is 0. The third kappa shape index (κ3) is 3.39. The van der Waals surface area contributed by atoms with E-state index in [2.05, 4.69) is 5.32 Å². The Morgan fingerprint density at radius 1 is 1.55 bits per heavy atom. The number of likely N-dealkylation sites (tertiary alicyclic amines) is 1. The predicted molar refractivity (Wildman–Crippen MR) is 72.0 cm³/mol. The minimum Gasteiger partial charge on any atom is -0.481 e. The van der Waals surface area contributed by atoms with E-state index in [1.165, 1.54) is 0 Å². The minimum atomic E-state index is -0.788. The molecule has 1 aliphatic rings. The quantitative estimate of drug-likeness (QED) is 0.844. The maximum absolute atomic E-state index is 11.9. The second-order valence-electron chi connectivity index (χ2n) is 5.42. The van der Waals surface area contributed by atoms with Crippen LogP contribution in [0.2, 0.25) is 0 Å². The Morgan fingerprint density at radius 2 is 2.30 bits per heavy atom. The number of carboxylic acid groups (broad SMARTS) is 1. The lowest BCUT2D eigenvalue weighted by Crippen LogP contribution is -2.37. The molecular formula is C14H20N2O4. The number of furan rings is 1. The SMILES string of the molecule is CC(NC(=O)CN1C[C@@H](C)[C@H](C(=O)O)C1)c1ccco1. The van der Waals surface area contributed by atoms with Crippen molar-refractivity contribution in [3.05, 3.63) is 24.2 Å². The Labute approximate surface area is 117 Å². The van der Waals surface area contributed by atoms with Crippen LogP contribution in [0.15, 0.2) is 22.8 Å². The Bertz CT molecular complexity index is 472. The standard InChI is InChI=1S/C14H20N2O4/c1-9-6-16(7-11(9)14(18)19)8-13(17)15-10(2)12-4-3-5-20-12/h3-5,9-11H,6-8H2,1-2H3,(H,15,17)(H,18,19)/t9-,10?,11-/m1/s1. The molecule has 1 fully saturated rings. The molecule has 6 nitrogen and oxygen atoms in total. The predicted octanol–water partition coefficient (Wildman–Crippen LogP) is 1.11. The van der Waals surface area contributed by atoms with Crippen LogP contribution in [0.4, 0.5) is 0 Å². The summed E-state index contributed by atoms with van der Waals surface area (Å²) in [6, 6.07) is 3.40. The Morgan fingerprint density at radius 3 is 2.85 bits per heavy atom. The molecule has 1 aromatic rings. The van der Waals surface area contributed by atoms with Gasteiger partial charge >= 0.3 is 5.97 Å². The second kappa shape index (κ2) is 6.09. The van der Waals surface area contributed by atoms with Gasteiger partial charge in [0.05, 0.1) is 24.8 Å². The Hall–Kier alpha value is -1.82. The van der Waals surface area contributed by atoms with Crippen LogP contribution in [0.25, 0.3) is 0 Å². The van der Waals surface area contributed by atoms with E-state index in [-0.39, 0.29) is 30.3 Å². The summed E-state index contributed by atoms with van der Waals surface area (Å²) in [4.78, 5) is 24.9. The molecule has 0 aliphatic carbocycles. The number of amides is 1. The highest BCUT2D eigenvalue weighted by Gasteiger charge is 2.35. The fourth-order valence-electron chi connectivity index (χ4n) is 2.62. The molecule has 1 amide bonds. The second-order valence-corrected chi connectivity index (χ2v) is 5.42. The van der Waals surface area contributed by atoms with Gasteiger partial charge in [0.2, 0.25) is 5.91 Å². The van der Waals surface area contributed by atoms with Crippen molar-refractivity contribution >= 4 is 11.9 Å². The number of aliphatic carboxylic acids is 1. The average Bonchev–Trinajstić information content (AvgIpc) is 2.98. The lowest BCUT2D eigenvalue weighted by atomic mass is 9.99. The summed E-state index contributed by atoms with van der Waals surface area (Å²) in [5, 5.41) is 11.9. The van der Waals surface area contributed by atoms with Crippen molar-refractivity contribution < 1.29 is 19.1 Å². The molecule has 20 heavy (non-hydrogen) atoms. The molecule has 1 aromatic heterocycles. The van der Waals surface area contributed by atoms with E-state index in [0.717, 1.165) is 0 Å². The molecule has 0 bridgehead atoms. The maximum Gasteiger partial charge on any atom is 0.308 e. The molecule has 3 atom stereocenters.